The minimum absolute atomic E-state index is 0.00452. The van der Waals surface area contributed by atoms with E-state index in [0.29, 0.717) is 20.7 Å². The Morgan fingerprint density at radius 1 is 1.31 bits per heavy atom. The molecule has 1 unspecified atom stereocenters. The number of halogens is 1. The summed E-state index contributed by atoms with van der Waals surface area (Å²) in [5.41, 5.74) is 1.48. The van der Waals surface area contributed by atoms with Gasteiger partial charge in [0.05, 0.1) is 10.7 Å². The second-order valence-electron chi connectivity index (χ2n) is 5.81. The van der Waals surface area contributed by atoms with Gasteiger partial charge >= 0.3 is 0 Å². The fraction of sp³-hybridized carbons (Fsp3) is 0.294. The summed E-state index contributed by atoms with van der Waals surface area (Å²) in [6, 6.07) is 7.45. The Bertz CT molecular complexity index is 950. The molecule has 6 nitrogen and oxygen atoms in total. The second-order valence-corrected chi connectivity index (χ2v) is 8.23. The number of hydrogen-bond acceptors (Lipinski definition) is 7. The van der Waals surface area contributed by atoms with Crippen LogP contribution in [0.1, 0.15) is 39.3 Å². The van der Waals surface area contributed by atoms with Gasteiger partial charge in [0, 0.05) is 12.2 Å². The largest absolute Gasteiger partial charge is 0.371 e. The van der Waals surface area contributed by atoms with Crippen molar-refractivity contribution < 1.29 is 9.53 Å². The average Bonchev–Trinajstić information content (AvgIpc) is 3.35. The van der Waals surface area contributed by atoms with Crippen molar-refractivity contribution in [3.63, 3.8) is 0 Å². The number of amides is 1. The first-order valence-corrected chi connectivity index (χ1v) is 10.1. The minimum atomic E-state index is -0.242. The first-order chi connectivity index (χ1) is 12.6. The number of rotatable bonds is 4. The molecule has 0 aliphatic carbocycles. The van der Waals surface area contributed by atoms with Crippen LogP contribution in [0, 0.1) is 6.92 Å². The molecule has 9 heteroatoms. The highest BCUT2D eigenvalue weighted by Gasteiger charge is 2.23. The molecule has 1 atom stereocenters. The van der Waals surface area contributed by atoms with E-state index in [-0.39, 0.29) is 12.0 Å². The highest BCUT2D eigenvalue weighted by molar-refractivity contribution is 7.17. The molecule has 0 saturated carbocycles. The van der Waals surface area contributed by atoms with Crippen molar-refractivity contribution in [2.45, 2.75) is 25.9 Å². The van der Waals surface area contributed by atoms with Gasteiger partial charge in [0.15, 0.2) is 0 Å². The second kappa shape index (κ2) is 7.40. The highest BCUT2D eigenvalue weighted by Crippen LogP contribution is 2.34. The van der Waals surface area contributed by atoms with Crippen molar-refractivity contribution in [1.82, 2.24) is 15.2 Å². The zero-order valence-corrected chi connectivity index (χ0v) is 16.2. The van der Waals surface area contributed by atoms with Gasteiger partial charge in [0.25, 0.3) is 5.91 Å². The van der Waals surface area contributed by atoms with Gasteiger partial charge in [-0.15, -0.1) is 21.5 Å². The Labute approximate surface area is 163 Å². The zero-order valence-electron chi connectivity index (χ0n) is 13.9. The van der Waals surface area contributed by atoms with Gasteiger partial charge in [0.1, 0.15) is 21.0 Å². The van der Waals surface area contributed by atoms with Crippen molar-refractivity contribution in [2.24, 2.45) is 0 Å². The van der Waals surface area contributed by atoms with Gasteiger partial charge in [-0.2, -0.15) is 0 Å². The SMILES string of the molecule is Cc1nc(-c2ccccc2Cl)sc1C(=O)Nc1nnc(C2CCCO2)s1. The average molecular weight is 407 g/mol. The quantitative estimate of drug-likeness (QED) is 0.677. The maximum atomic E-state index is 12.6. The van der Waals surface area contributed by atoms with E-state index >= 15 is 0 Å². The molecule has 1 N–H and O–H groups in total. The molecule has 0 spiro atoms. The number of nitrogens with zero attached hydrogens (tertiary/aromatic N) is 3. The third-order valence-electron chi connectivity index (χ3n) is 3.97. The van der Waals surface area contributed by atoms with Gasteiger partial charge in [0.2, 0.25) is 5.13 Å². The standard InChI is InChI=1S/C17H15ClN4O2S2/c1-9-13(25-15(19-9)10-5-2-3-6-11(10)18)14(23)20-17-22-21-16(26-17)12-7-4-8-24-12/h2-3,5-6,12H,4,7-8H2,1H3,(H,20,22,23). The Morgan fingerprint density at radius 2 is 2.15 bits per heavy atom. The van der Waals surface area contributed by atoms with Gasteiger partial charge in [-0.25, -0.2) is 4.98 Å². The first-order valence-electron chi connectivity index (χ1n) is 8.10. The van der Waals surface area contributed by atoms with E-state index < -0.39 is 0 Å². The van der Waals surface area contributed by atoms with E-state index in [9.17, 15) is 4.79 Å². The van der Waals surface area contributed by atoms with Crippen molar-refractivity contribution in [1.29, 1.82) is 0 Å². The Hall–Kier alpha value is -1.87. The predicted molar refractivity (Wildman–Crippen MR) is 103 cm³/mol. The number of benzene rings is 1. The maximum absolute atomic E-state index is 12.6. The van der Waals surface area contributed by atoms with E-state index in [4.69, 9.17) is 16.3 Å². The summed E-state index contributed by atoms with van der Waals surface area (Å²) < 4.78 is 5.60. The maximum Gasteiger partial charge on any atom is 0.269 e. The molecule has 134 valence electrons. The fourth-order valence-electron chi connectivity index (χ4n) is 2.70. The molecule has 2 aromatic heterocycles. The summed E-state index contributed by atoms with van der Waals surface area (Å²) in [6.07, 6.45) is 1.96. The van der Waals surface area contributed by atoms with Crippen LogP contribution in [0.15, 0.2) is 24.3 Å². The van der Waals surface area contributed by atoms with Crippen LogP contribution in [-0.4, -0.2) is 27.7 Å². The van der Waals surface area contributed by atoms with Gasteiger partial charge in [-0.05, 0) is 25.8 Å². The van der Waals surface area contributed by atoms with Crippen LogP contribution >= 0.6 is 34.3 Å². The van der Waals surface area contributed by atoms with Gasteiger partial charge in [-0.3, -0.25) is 10.1 Å². The lowest BCUT2D eigenvalue weighted by molar-refractivity contribution is 0.102. The third-order valence-corrected chi connectivity index (χ3v) is 6.42. The lowest BCUT2D eigenvalue weighted by atomic mass is 10.2. The number of hydrogen-bond donors (Lipinski definition) is 1. The van der Waals surface area contributed by atoms with Crippen LogP contribution < -0.4 is 5.32 Å². The van der Waals surface area contributed by atoms with Crippen molar-refractivity contribution in [3.05, 3.63) is 44.9 Å². The van der Waals surface area contributed by atoms with Crippen LogP contribution in [-0.2, 0) is 4.74 Å². The Balaban J connectivity index is 1.53. The molecule has 4 rings (SSSR count). The molecule has 1 aromatic carbocycles. The number of carbonyl (C=O) groups is 1. The topological polar surface area (TPSA) is 77.0 Å². The molecule has 3 heterocycles. The van der Waals surface area contributed by atoms with E-state index in [0.717, 1.165) is 35.0 Å². The normalized spacial score (nSPS) is 16.8. The molecule has 0 bridgehead atoms. The summed E-state index contributed by atoms with van der Waals surface area (Å²) >= 11 is 8.89. The molecule has 1 aliphatic heterocycles. The highest BCUT2D eigenvalue weighted by atomic mass is 35.5. The molecule has 26 heavy (non-hydrogen) atoms. The lowest BCUT2D eigenvalue weighted by Crippen LogP contribution is -2.11. The Kier molecular flexibility index (Phi) is 4.99. The summed E-state index contributed by atoms with van der Waals surface area (Å²) in [6.45, 7) is 2.56. The summed E-state index contributed by atoms with van der Waals surface area (Å²) in [7, 11) is 0. The van der Waals surface area contributed by atoms with E-state index in [1.54, 1.807) is 6.07 Å². The van der Waals surface area contributed by atoms with E-state index in [1.165, 1.54) is 22.7 Å². The molecule has 3 aromatic rings. The van der Waals surface area contributed by atoms with Gasteiger partial charge < -0.3 is 4.74 Å². The summed E-state index contributed by atoms with van der Waals surface area (Å²) in [4.78, 5) is 17.7. The first kappa shape index (κ1) is 17.5. The number of thiazole rings is 1. The summed E-state index contributed by atoms with van der Waals surface area (Å²) in [5, 5.41) is 13.6. The van der Waals surface area contributed by atoms with E-state index in [2.05, 4.69) is 20.5 Å². The molecule has 1 fully saturated rings. The summed E-state index contributed by atoms with van der Waals surface area (Å²) in [5.74, 6) is -0.242. The van der Waals surface area contributed by atoms with Crippen molar-refractivity contribution in [3.8, 4) is 10.6 Å². The number of carbonyl (C=O) groups excluding carboxylic acids is 1. The molecule has 1 saturated heterocycles. The van der Waals surface area contributed by atoms with Crippen molar-refractivity contribution >= 4 is 45.3 Å². The number of ether oxygens (including phenoxy) is 1. The van der Waals surface area contributed by atoms with Crippen LogP contribution in [0.25, 0.3) is 10.6 Å². The van der Waals surface area contributed by atoms with Crippen LogP contribution in [0.3, 0.4) is 0 Å². The molecular formula is C17H15ClN4O2S2. The smallest absolute Gasteiger partial charge is 0.269 e. The minimum Gasteiger partial charge on any atom is -0.371 e. The number of aryl methyl sites for hydroxylation is 1. The number of nitrogens with one attached hydrogen (secondary N) is 1. The monoisotopic (exact) mass is 406 g/mol. The number of aromatic nitrogens is 3. The predicted octanol–water partition coefficient (Wildman–Crippen LogP) is 4.73. The molecule has 1 aliphatic rings. The Morgan fingerprint density at radius 3 is 2.92 bits per heavy atom. The number of anilines is 1. The molecule has 0 radical (unpaired) electrons. The van der Waals surface area contributed by atoms with Crippen LogP contribution in [0.2, 0.25) is 5.02 Å². The fourth-order valence-corrected chi connectivity index (χ4v) is 4.80. The van der Waals surface area contributed by atoms with Crippen LogP contribution in [0.5, 0.6) is 0 Å². The van der Waals surface area contributed by atoms with Crippen LogP contribution in [0.4, 0.5) is 5.13 Å². The van der Waals surface area contributed by atoms with Crippen molar-refractivity contribution in [2.75, 3.05) is 11.9 Å². The van der Waals surface area contributed by atoms with E-state index in [1.807, 2.05) is 25.1 Å². The third kappa shape index (κ3) is 3.50. The zero-order chi connectivity index (χ0) is 18.1. The molecule has 1 amide bonds. The van der Waals surface area contributed by atoms with Gasteiger partial charge in [-0.1, -0.05) is 41.1 Å². The lowest BCUT2D eigenvalue weighted by Gasteiger charge is -2.02. The molecular weight excluding hydrogens is 392 g/mol.